The van der Waals surface area contributed by atoms with Crippen molar-refractivity contribution in [3.63, 3.8) is 0 Å². The number of aliphatic hydroxyl groups excluding tert-OH is 1. The molecule has 0 unspecified atom stereocenters. The van der Waals surface area contributed by atoms with Gasteiger partial charge in [-0.05, 0) is 36.6 Å². The molecule has 0 aliphatic carbocycles. The standard InChI is InChI=1S/C25H26FN3O4S/c1-15-24(34-14-29-15)18-4-5-19(11-28-25(32)22-10-20(31)12-27-22)23(9-18)33-7-6-17-3-2-16(13-30)8-21(17)26/h2-5,8-9,13-14,20,22,27,31H,6-7,10-12H2,1H3,(H,28,32)/t20-,22+/m1/s1. The van der Waals surface area contributed by atoms with E-state index < -0.39 is 18.0 Å². The van der Waals surface area contributed by atoms with Crippen molar-refractivity contribution in [3.8, 4) is 16.2 Å². The highest BCUT2D eigenvalue weighted by atomic mass is 32.1. The zero-order chi connectivity index (χ0) is 24.1. The molecule has 2 atom stereocenters. The number of benzene rings is 2. The van der Waals surface area contributed by atoms with Crippen LogP contribution >= 0.6 is 11.3 Å². The van der Waals surface area contributed by atoms with E-state index in [2.05, 4.69) is 15.6 Å². The Bertz CT molecular complexity index is 1180. The van der Waals surface area contributed by atoms with E-state index in [4.69, 9.17) is 4.74 Å². The van der Waals surface area contributed by atoms with Crippen molar-refractivity contribution in [1.29, 1.82) is 0 Å². The van der Waals surface area contributed by atoms with Gasteiger partial charge in [0, 0.05) is 30.6 Å². The van der Waals surface area contributed by atoms with E-state index in [-0.39, 0.29) is 24.6 Å². The molecule has 2 aromatic carbocycles. The number of β-amino-alcohol motifs (C(OH)–C–C–N with tert-alkyl or cyclic N) is 1. The van der Waals surface area contributed by atoms with Crippen molar-refractivity contribution in [3.05, 3.63) is 70.1 Å². The first-order valence-corrected chi connectivity index (χ1v) is 11.9. The van der Waals surface area contributed by atoms with Crippen LogP contribution in [-0.2, 0) is 17.8 Å². The maximum absolute atomic E-state index is 14.2. The van der Waals surface area contributed by atoms with Crippen LogP contribution in [0.1, 0.15) is 33.6 Å². The van der Waals surface area contributed by atoms with Crippen molar-refractivity contribution < 1.29 is 23.8 Å². The predicted octanol–water partition coefficient (Wildman–Crippen LogP) is 3.03. The molecule has 3 aromatic rings. The van der Waals surface area contributed by atoms with Gasteiger partial charge in [0.05, 0.1) is 34.8 Å². The van der Waals surface area contributed by atoms with Gasteiger partial charge < -0.3 is 20.5 Å². The molecular weight excluding hydrogens is 457 g/mol. The largest absolute Gasteiger partial charge is 0.493 e. The second-order valence-corrected chi connectivity index (χ2v) is 9.08. The van der Waals surface area contributed by atoms with Gasteiger partial charge in [-0.3, -0.25) is 9.59 Å². The van der Waals surface area contributed by atoms with E-state index in [1.165, 1.54) is 17.4 Å². The number of nitrogens with zero attached hydrogens (tertiary/aromatic N) is 1. The molecule has 1 fully saturated rings. The number of ether oxygens (including phenoxy) is 1. The first-order valence-electron chi connectivity index (χ1n) is 11.0. The number of hydrogen-bond acceptors (Lipinski definition) is 7. The summed E-state index contributed by atoms with van der Waals surface area (Å²) < 4.78 is 20.3. The van der Waals surface area contributed by atoms with Crippen LogP contribution in [0.5, 0.6) is 5.75 Å². The van der Waals surface area contributed by atoms with Crippen LogP contribution in [0.15, 0.2) is 41.9 Å². The molecule has 1 aliphatic heterocycles. The van der Waals surface area contributed by atoms with Crippen LogP contribution in [0.3, 0.4) is 0 Å². The summed E-state index contributed by atoms with van der Waals surface area (Å²) in [6, 6.07) is 9.73. The van der Waals surface area contributed by atoms with Gasteiger partial charge in [-0.2, -0.15) is 0 Å². The fourth-order valence-corrected chi connectivity index (χ4v) is 4.69. The van der Waals surface area contributed by atoms with Gasteiger partial charge in [0.15, 0.2) is 0 Å². The third-order valence-corrected chi connectivity index (χ3v) is 6.77. The summed E-state index contributed by atoms with van der Waals surface area (Å²) in [4.78, 5) is 28.6. The number of aromatic nitrogens is 1. The number of aryl methyl sites for hydroxylation is 1. The summed E-state index contributed by atoms with van der Waals surface area (Å²) in [5.74, 6) is -0.0295. The predicted molar refractivity (Wildman–Crippen MR) is 128 cm³/mol. The number of amides is 1. The second kappa shape index (κ2) is 10.9. The molecule has 2 heterocycles. The van der Waals surface area contributed by atoms with E-state index >= 15 is 0 Å². The summed E-state index contributed by atoms with van der Waals surface area (Å²) >= 11 is 1.53. The van der Waals surface area contributed by atoms with E-state index in [9.17, 15) is 19.1 Å². The van der Waals surface area contributed by atoms with Crippen molar-refractivity contribution in [2.24, 2.45) is 0 Å². The minimum atomic E-state index is -0.516. The highest BCUT2D eigenvalue weighted by Crippen LogP contribution is 2.32. The maximum atomic E-state index is 14.2. The van der Waals surface area contributed by atoms with E-state index in [0.717, 1.165) is 21.7 Å². The van der Waals surface area contributed by atoms with Crippen molar-refractivity contribution in [2.45, 2.75) is 38.5 Å². The van der Waals surface area contributed by atoms with Crippen LogP contribution < -0.4 is 15.4 Å². The minimum Gasteiger partial charge on any atom is -0.493 e. The fraction of sp³-hybridized carbons (Fsp3) is 0.320. The van der Waals surface area contributed by atoms with Crippen molar-refractivity contribution >= 4 is 23.5 Å². The Morgan fingerprint density at radius 1 is 1.32 bits per heavy atom. The lowest BCUT2D eigenvalue weighted by Crippen LogP contribution is -2.40. The van der Waals surface area contributed by atoms with E-state index in [1.807, 2.05) is 25.1 Å². The molecule has 178 valence electrons. The van der Waals surface area contributed by atoms with Gasteiger partial charge >= 0.3 is 0 Å². The molecule has 7 nitrogen and oxygen atoms in total. The van der Waals surface area contributed by atoms with Gasteiger partial charge in [-0.1, -0.05) is 24.3 Å². The summed E-state index contributed by atoms with van der Waals surface area (Å²) in [6.45, 7) is 2.82. The molecule has 1 amide bonds. The lowest BCUT2D eigenvalue weighted by Gasteiger charge is -2.16. The zero-order valence-corrected chi connectivity index (χ0v) is 19.5. The van der Waals surface area contributed by atoms with Gasteiger partial charge in [0.2, 0.25) is 5.91 Å². The molecule has 4 rings (SSSR count). The minimum absolute atomic E-state index is 0.179. The van der Waals surface area contributed by atoms with Crippen molar-refractivity contribution in [1.82, 2.24) is 15.6 Å². The molecule has 1 aromatic heterocycles. The first kappa shape index (κ1) is 24.0. The van der Waals surface area contributed by atoms with Crippen LogP contribution in [0.25, 0.3) is 10.4 Å². The summed E-state index contributed by atoms with van der Waals surface area (Å²) in [6.07, 6.45) is 0.800. The maximum Gasteiger partial charge on any atom is 0.237 e. The average Bonchev–Trinajstić information content (AvgIpc) is 3.47. The number of hydrogen-bond donors (Lipinski definition) is 3. The van der Waals surface area contributed by atoms with Gasteiger partial charge in [-0.25, -0.2) is 9.37 Å². The Morgan fingerprint density at radius 3 is 2.82 bits per heavy atom. The molecule has 9 heteroatoms. The Morgan fingerprint density at radius 2 is 2.15 bits per heavy atom. The molecule has 3 N–H and O–H groups in total. The molecular formula is C25H26FN3O4S. The first-order chi connectivity index (χ1) is 16.4. The summed E-state index contributed by atoms with van der Waals surface area (Å²) in [5, 5.41) is 15.6. The number of halogens is 1. The van der Waals surface area contributed by atoms with E-state index in [1.54, 1.807) is 17.6 Å². The van der Waals surface area contributed by atoms with Crippen LogP contribution in [0.4, 0.5) is 4.39 Å². The smallest absolute Gasteiger partial charge is 0.237 e. The summed E-state index contributed by atoms with van der Waals surface area (Å²) in [7, 11) is 0. The molecule has 0 saturated carbocycles. The molecule has 34 heavy (non-hydrogen) atoms. The average molecular weight is 484 g/mol. The third kappa shape index (κ3) is 5.67. The molecule has 1 saturated heterocycles. The lowest BCUT2D eigenvalue weighted by molar-refractivity contribution is -0.123. The number of aliphatic hydroxyl groups is 1. The van der Waals surface area contributed by atoms with Gasteiger partial charge in [0.25, 0.3) is 0 Å². The number of aldehydes is 1. The number of nitrogens with one attached hydrogen (secondary N) is 2. The monoisotopic (exact) mass is 483 g/mol. The number of carbonyl (C=O) groups excluding carboxylic acids is 2. The molecule has 0 radical (unpaired) electrons. The zero-order valence-electron chi connectivity index (χ0n) is 18.7. The summed E-state index contributed by atoms with van der Waals surface area (Å²) in [5.41, 5.74) is 5.19. The van der Waals surface area contributed by atoms with Gasteiger partial charge in [0.1, 0.15) is 17.9 Å². The van der Waals surface area contributed by atoms with E-state index in [0.29, 0.717) is 37.0 Å². The normalized spacial score (nSPS) is 17.5. The Labute approximate surface area is 201 Å². The Hall–Kier alpha value is -3.14. The molecule has 0 spiro atoms. The highest BCUT2D eigenvalue weighted by Gasteiger charge is 2.27. The third-order valence-electron chi connectivity index (χ3n) is 5.79. The number of carbonyl (C=O) groups is 2. The lowest BCUT2D eigenvalue weighted by atomic mass is 10.1. The van der Waals surface area contributed by atoms with Crippen LogP contribution in [-0.4, -0.2) is 47.6 Å². The molecule has 0 bridgehead atoms. The Balaban J connectivity index is 1.48. The topological polar surface area (TPSA) is 101 Å². The number of rotatable bonds is 9. The fourth-order valence-electron chi connectivity index (χ4n) is 3.89. The van der Waals surface area contributed by atoms with Crippen LogP contribution in [0.2, 0.25) is 0 Å². The Kier molecular flexibility index (Phi) is 7.66. The molecule has 1 aliphatic rings. The SMILES string of the molecule is Cc1ncsc1-c1ccc(CNC(=O)[C@@H]2C[C@@H](O)CN2)c(OCCc2ccc(C=O)cc2F)c1. The van der Waals surface area contributed by atoms with Crippen molar-refractivity contribution in [2.75, 3.05) is 13.2 Å². The second-order valence-electron chi connectivity index (χ2n) is 8.22. The quantitative estimate of drug-likeness (QED) is 0.405. The van der Waals surface area contributed by atoms with Crippen LogP contribution in [0, 0.1) is 12.7 Å². The highest BCUT2D eigenvalue weighted by molar-refractivity contribution is 7.13. The number of thiazole rings is 1. The van der Waals surface area contributed by atoms with Gasteiger partial charge in [-0.15, -0.1) is 11.3 Å².